The quantitative estimate of drug-likeness (QED) is 0.632. The highest BCUT2D eigenvalue weighted by Crippen LogP contribution is 2.31. The Labute approximate surface area is 71.6 Å². The molecule has 0 saturated heterocycles. The number of ketones is 1. The van der Waals surface area contributed by atoms with E-state index < -0.39 is 0 Å². The Morgan fingerprint density at radius 1 is 1.73 bits per heavy atom. The lowest BCUT2D eigenvalue weighted by Gasteiger charge is -2.15. The normalized spacial score (nSPS) is 17.9. The van der Waals surface area contributed by atoms with E-state index in [1.54, 1.807) is 18.7 Å². The molecule has 1 heterocycles. The van der Waals surface area contributed by atoms with Crippen LogP contribution in [0, 0.1) is 0 Å². The summed E-state index contributed by atoms with van der Waals surface area (Å²) in [5.74, 6) is 1.14. The molecule has 0 atom stereocenters. The number of Topliss-reactive ketones (excluding diaryl/α,β-unsaturated/α-hetero) is 1. The monoisotopic (exact) mass is 171 g/mol. The smallest absolute Gasteiger partial charge is 0.167 e. The van der Waals surface area contributed by atoms with Crippen molar-refractivity contribution < 1.29 is 4.79 Å². The SMILES string of the molecule is CCN1CSC(C(C)=O)=C1C. The molecule has 0 amide bonds. The Morgan fingerprint density at radius 3 is 2.64 bits per heavy atom. The zero-order chi connectivity index (χ0) is 8.43. The second-order valence-corrected chi connectivity index (χ2v) is 3.56. The molecule has 0 bridgehead atoms. The number of nitrogens with zero attached hydrogens (tertiary/aromatic N) is 1. The molecule has 1 rings (SSSR count). The van der Waals surface area contributed by atoms with Gasteiger partial charge in [-0.1, -0.05) is 11.8 Å². The third-order valence-electron chi connectivity index (χ3n) is 1.87. The molecule has 0 unspecified atom stereocenters. The van der Waals surface area contributed by atoms with E-state index in [9.17, 15) is 4.79 Å². The maximum Gasteiger partial charge on any atom is 0.167 e. The largest absolute Gasteiger partial charge is 0.365 e. The van der Waals surface area contributed by atoms with Gasteiger partial charge in [0, 0.05) is 12.2 Å². The van der Waals surface area contributed by atoms with E-state index in [0.29, 0.717) is 0 Å². The van der Waals surface area contributed by atoms with Crippen molar-refractivity contribution in [2.75, 3.05) is 12.4 Å². The molecule has 1 aliphatic heterocycles. The van der Waals surface area contributed by atoms with Crippen molar-refractivity contribution in [2.24, 2.45) is 0 Å². The van der Waals surface area contributed by atoms with Crippen LogP contribution in [0.15, 0.2) is 10.6 Å². The number of hydrogen-bond acceptors (Lipinski definition) is 3. The molecule has 11 heavy (non-hydrogen) atoms. The summed E-state index contributed by atoms with van der Waals surface area (Å²) in [5, 5.41) is 0. The molecule has 2 nitrogen and oxygen atoms in total. The van der Waals surface area contributed by atoms with Gasteiger partial charge in [0.1, 0.15) is 0 Å². The summed E-state index contributed by atoms with van der Waals surface area (Å²) in [5.41, 5.74) is 1.14. The van der Waals surface area contributed by atoms with Crippen LogP contribution >= 0.6 is 11.8 Å². The predicted molar refractivity (Wildman–Crippen MR) is 48.2 cm³/mol. The first-order valence-corrected chi connectivity index (χ1v) is 4.75. The van der Waals surface area contributed by atoms with Gasteiger partial charge < -0.3 is 4.90 Å². The molecule has 0 aromatic carbocycles. The van der Waals surface area contributed by atoms with Crippen LogP contribution in [0.4, 0.5) is 0 Å². The Kier molecular flexibility index (Phi) is 2.60. The standard InChI is InChI=1S/C8H13NOS/c1-4-9-5-11-8(6(9)2)7(3)10/h4-5H2,1-3H3. The Morgan fingerprint density at radius 2 is 2.36 bits per heavy atom. The molecule has 0 aromatic heterocycles. The van der Waals surface area contributed by atoms with Crippen molar-refractivity contribution in [3.63, 3.8) is 0 Å². The average Bonchev–Trinajstić information content (AvgIpc) is 2.30. The maximum absolute atomic E-state index is 11.0. The summed E-state index contributed by atoms with van der Waals surface area (Å²) in [6.07, 6.45) is 0. The molecular weight excluding hydrogens is 158 g/mol. The van der Waals surface area contributed by atoms with Crippen molar-refractivity contribution >= 4 is 17.5 Å². The average molecular weight is 171 g/mol. The molecule has 0 aromatic rings. The van der Waals surface area contributed by atoms with Crippen LogP contribution in [0.25, 0.3) is 0 Å². The van der Waals surface area contributed by atoms with Gasteiger partial charge in [0.25, 0.3) is 0 Å². The number of allylic oxidation sites excluding steroid dienone is 2. The van der Waals surface area contributed by atoms with E-state index >= 15 is 0 Å². The van der Waals surface area contributed by atoms with Gasteiger partial charge in [-0.3, -0.25) is 4.79 Å². The molecule has 62 valence electrons. The van der Waals surface area contributed by atoms with Crippen LogP contribution in [0.3, 0.4) is 0 Å². The third-order valence-corrected chi connectivity index (χ3v) is 3.18. The molecule has 0 aliphatic carbocycles. The van der Waals surface area contributed by atoms with Crippen LogP contribution < -0.4 is 0 Å². The zero-order valence-corrected chi connectivity index (χ0v) is 7.99. The predicted octanol–water partition coefficient (Wildman–Crippen LogP) is 1.83. The number of rotatable bonds is 2. The van der Waals surface area contributed by atoms with Crippen LogP contribution in [0.1, 0.15) is 20.8 Å². The van der Waals surface area contributed by atoms with Gasteiger partial charge in [0.05, 0.1) is 10.8 Å². The highest BCUT2D eigenvalue weighted by atomic mass is 32.2. The minimum absolute atomic E-state index is 0.198. The van der Waals surface area contributed by atoms with Crippen molar-refractivity contribution in [2.45, 2.75) is 20.8 Å². The molecule has 0 saturated carbocycles. The highest BCUT2D eigenvalue weighted by Gasteiger charge is 2.20. The van der Waals surface area contributed by atoms with Crippen LogP contribution in [-0.4, -0.2) is 23.1 Å². The van der Waals surface area contributed by atoms with E-state index in [1.807, 2.05) is 6.92 Å². The fourth-order valence-electron chi connectivity index (χ4n) is 1.17. The van der Waals surface area contributed by atoms with Crippen molar-refractivity contribution in [1.29, 1.82) is 0 Å². The highest BCUT2D eigenvalue weighted by molar-refractivity contribution is 8.04. The minimum atomic E-state index is 0.198. The number of thioether (sulfide) groups is 1. The molecule has 0 fully saturated rings. The van der Waals surface area contributed by atoms with E-state index in [-0.39, 0.29) is 5.78 Å². The molecule has 0 N–H and O–H groups in total. The topological polar surface area (TPSA) is 20.3 Å². The van der Waals surface area contributed by atoms with Gasteiger partial charge >= 0.3 is 0 Å². The van der Waals surface area contributed by atoms with Gasteiger partial charge in [-0.15, -0.1) is 0 Å². The summed E-state index contributed by atoms with van der Waals surface area (Å²) in [4.78, 5) is 14.2. The fraction of sp³-hybridized carbons (Fsp3) is 0.625. The first-order chi connectivity index (χ1) is 5.16. The summed E-state index contributed by atoms with van der Waals surface area (Å²) in [7, 11) is 0. The lowest BCUT2D eigenvalue weighted by Crippen LogP contribution is -2.16. The van der Waals surface area contributed by atoms with Crippen molar-refractivity contribution in [3.05, 3.63) is 10.6 Å². The molecule has 0 spiro atoms. The van der Waals surface area contributed by atoms with Crippen LogP contribution in [0.5, 0.6) is 0 Å². The number of hydrogen-bond donors (Lipinski definition) is 0. The first-order valence-electron chi connectivity index (χ1n) is 3.76. The van der Waals surface area contributed by atoms with Gasteiger partial charge in [-0.05, 0) is 20.8 Å². The molecule has 3 heteroatoms. The summed E-state index contributed by atoms with van der Waals surface area (Å²) in [6.45, 7) is 6.74. The number of carbonyl (C=O) groups excluding carboxylic acids is 1. The summed E-state index contributed by atoms with van der Waals surface area (Å²) < 4.78 is 0. The van der Waals surface area contributed by atoms with Crippen LogP contribution in [-0.2, 0) is 4.79 Å². The Balaban J connectivity index is 2.80. The van der Waals surface area contributed by atoms with Crippen molar-refractivity contribution in [1.82, 2.24) is 4.90 Å². The Bertz CT molecular complexity index is 210. The Hall–Kier alpha value is -0.440. The maximum atomic E-state index is 11.0. The van der Waals surface area contributed by atoms with Gasteiger partial charge in [0.15, 0.2) is 5.78 Å². The van der Waals surface area contributed by atoms with Gasteiger partial charge in [-0.25, -0.2) is 0 Å². The van der Waals surface area contributed by atoms with E-state index in [4.69, 9.17) is 0 Å². The molecule has 1 aliphatic rings. The second kappa shape index (κ2) is 3.30. The van der Waals surface area contributed by atoms with Gasteiger partial charge in [-0.2, -0.15) is 0 Å². The summed E-state index contributed by atoms with van der Waals surface area (Å²) >= 11 is 1.65. The first kappa shape index (κ1) is 8.65. The fourth-order valence-corrected chi connectivity index (χ4v) is 2.37. The van der Waals surface area contributed by atoms with E-state index in [1.165, 1.54) is 0 Å². The third kappa shape index (κ3) is 1.59. The van der Waals surface area contributed by atoms with Gasteiger partial charge in [0.2, 0.25) is 0 Å². The lowest BCUT2D eigenvalue weighted by molar-refractivity contribution is -0.113. The molecular formula is C8H13NOS. The number of carbonyl (C=O) groups is 1. The van der Waals surface area contributed by atoms with E-state index in [0.717, 1.165) is 23.0 Å². The zero-order valence-electron chi connectivity index (χ0n) is 7.18. The van der Waals surface area contributed by atoms with E-state index in [2.05, 4.69) is 11.8 Å². The van der Waals surface area contributed by atoms with Crippen molar-refractivity contribution in [3.8, 4) is 0 Å². The minimum Gasteiger partial charge on any atom is -0.365 e. The van der Waals surface area contributed by atoms with Crippen LogP contribution in [0.2, 0.25) is 0 Å². The molecule has 0 radical (unpaired) electrons. The second-order valence-electron chi connectivity index (χ2n) is 2.60. The summed E-state index contributed by atoms with van der Waals surface area (Å²) in [6, 6.07) is 0. The lowest BCUT2D eigenvalue weighted by atomic mass is 10.3.